The largest absolute Gasteiger partial charge is 0.435 e. The lowest BCUT2D eigenvalue weighted by Gasteiger charge is -2.37. The van der Waals surface area contributed by atoms with Crippen molar-refractivity contribution < 1.29 is 13.2 Å². The van der Waals surface area contributed by atoms with Crippen LogP contribution >= 0.6 is 0 Å². The lowest BCUT2D eigenvalue weighted by atomic mass is 10.2. The van der Waals surface area contributed by atoms with Gasteiger partial charge < -0.3 is 15.1 Å². The fourth-order valence-electron chi connectivity index (χ4n) is 3.17. The zero-order valence-corrected chi connectivity index (χ0v) is 15.9. The Morgan fingerprint density at radius 1 is 1.21 bits per heavy atom. The van der Waals surface area contributed by atoms with Crippen molar-refractivity contribution in [3.8, 4) is 0 Å². The molecule has 0 amide bonds. The molecule has 0 radical (unpaired) electrons. The van der Waals surface area contributed by atoms with Crippen molar-refractivity contribution in [2.24, 2.45) is 12.0 Å². The van der Waals surface area contributed by atoms with Gasteiger partial charge >= 0.3 is 6.18 Å². The average molecular weight is 395 g/mol. The van der Waals surface area contributed by atoms with E-state index in [9.17, 15) is 13.2 Å². The molecule has 28 heavy (non-hydrogen) atoms. The molecule has 0 bridgehead atoms. The van der Waals surface area contributed by atoms with E-state index < -0.39 is 11.9 Å². The van der Waals surface area contributed by atoms with E-state index in [1.165, 1.54) is 17.9 Å². The molecule has 3 heterocycles. The van der Waals surface area contributed by atoms with Gasteiger partial charge in [0.1, 0.15) is 5.82 Å². The van der Waals surface area contributed by atoms with Crippen LogP contribution in [0.2, 0.25) is 0 Å². The summed E-state index contributed by atoms with van der Waals surface area (Å²) in [6.45, 7) is 5.45. The van der Waals surface area contributed by atoms with Gasteiger partial charge in [0.2, 0.25) is 0 Å². The van der Waals surface area contributed by atoms with Crippen LogP contribution < -0.4 is 10.2 Å². The first kappa shape index (κ1) is 20.0. The maximum absolute atomic E-state index is 13.1. The Morgan fingerprint density at radius 2 is 1.96 bits per heavy atom. The number of aliphatic imine (C=N–C) groups is 1. The van der Waals surface area contributed by atoms with Gasteiger partial charge in [-0.1, -0.05) is 6.07 Å². The first-order valence-electron chi connectivity index (χ1n) is 9.17. The Balaban J connectivity index is 1.69. The predicted octanol–water partition coefficient (Wildman–Crippen LogP) is 2.12. The zero-order chi connectivity index (χ0) is 20.1. The summed E-state index contributed by atoms with van der Waals surface area (Å²) in [5.74, 6) is 1.54. The van der Waals surface area contributed by atoms with Crippen LogP contribution in [0.4, 0.5) is 19.0 Å². The Bertz CT molecular complexity index is 793. The van der Waals surface area contributed by atoms with Gasteiger partial charge in [0.05, 0.1) is 6.54 Å². The zero-order valence-electron chi connectivity index (χ0n) is 15.9. The standard InChI is InChI=1S/C18H24F3N7/c1-3-22-17(24-12-14-13-26(2)25-16(14)18(19,20)21)28-10-8-27(9-11-28)15-6-4-5-7-23-15/h4-7,13H,3,8-12H2,1-2H3,(H,22,24). The molecule has 10 heteroatoms. The number of pyridine rings is 1. The number of guanidine groups is 1. The lowest BCUT2D eigenvalue weighted by Crippen LogP contribution is -2.52. The molecular weight excluding hydrogens is 371 g/mol. The number of nitrogens with zero attached hydrogens (tertiary/aromatic N) is 6. The number of halogens is 3. The summed E-state index contributed by atoms with van der Waals surface area (Å²) >= 11 is 0. The second-order valence-corrected chi connectivity index (χ2v) is 6.51. The van der Waals surface area contributed by atoms with Gasteiger partial charge in [0.25, 0.3) is 0 Å². The number of aryl methyl sites for hydroxylation is 1. The number of anilines is 1. The van der Waals surface area contributed by atoms with E-state index in [1.54, 1.807) is 6.20 Å². The van der Waals surface area contributed by atoms with Crippen LogP contribution in [-0.4, -0.2) is 58.3 Å². The molecule has 0 atom stereocenters. The highest BCUT2D eigenvalue weighted by Gasteiger charge is 2.36. The SMILES string of the molecule is CCNC(=NCc1cn(C)nc1C(F)(F)F)N1CCN(c2ccccn2)CC1. The maximum Gasteiger partial charge on any atom is 0.435 e. The number of alkyl halides is 3. The third-order valence-electron chi connectivity index (χ3n) is 4.46. The summed E-state index contributed by atoms with van der Waals surface area (Å²) in [5, 5.41) is 6.71. The molecule has 0 saturated carbocycles. The first-order valence-corrected chi connectivity index (χ1v) is 9.17. The summed E-state index contributed by atoms with van der Waals surface area (Å²) in [7, 11) is 1.48. The molecule has 0 aromatic carbocycles. The number of hydrogen-bond acceptors (Lipinski definition) is 4. The molecule has 3 rings (SSSR count). The molecule has 0 aliphatic carbocycles. The molecule has 2 aromatic rings. The van der Waals surface area contributed by atoms with E-state index in [0.29, 0.717) is 25.6 Å². The van der Waals surface area contributed by atoms with Crippen LogP contribution in [0.5, 0.6) is 0 Å². The third-order valence-corrected chi connectivity index (χ3v) is 4.46. The van der Waals surface area contributed by atoms with E-state index >= 15 is 0 Å². The normalized spacial score (nSPS) is 15.8. The highest BCUT2D eigenvalue weighted by Crippen LogP contribution is 2.30. The van der Waals surface area contributed by atoms with Crippen molar-refractivity contribution in [3.05, 3.63) is 41.9 Å². The van der Waals surface area contributed by atoms with Gasteiger partial charge in [0, 0.05) is 57.7 Å². The van der Waals surface area contributed by atoms with E-state index in [4.69, 9.17) is 0 Å². The molecule has 1 aliphatic heterocycles. The highest BCUT2D eigenvalue weighted by atomic mass is 19.4. The summed E-state index contributed by atoms with van der Waals surface area (Å²) in [4.78, 5) is 13.0. The molecule has 0 unspecified atom stereocenters. The van der Waals surface area contributed by atoms with E-state index in [-0.39, 0.29) is 12.1 Å². The fraction of sp³-hybridized carbons (Fsp3) is 0.500. The van der Waals surface area contributed by atoms with Gasteiger partial charge in [-0.3, -0.25) is 4.68 Å². The molecule has 152 valence electrons. The highest BCUT2D eigenvalue weighted by molar-refractivity contribution is 5.80. The van der Waals surface area contributed by atoms with Crippen LogP contribution in [-0.2, 0) is 19.8 Å². The summed E-state index contributed by atoms with van der Waals surface area (Å²) < 4.78 is 40.6. The fourth-order valence-corrected chi connectivity index (χ4v) is 3.17. The molecule has 0 spiro atoms. The number of piperazine rings is 1. The maximum atomic E-state index is 13.1. The Kier molecular flexibility index (Phi) is 6.05. The molecule has 1 N–H and O–H groups in total. The van der Waals surface area contributed by atoms with Gasteiger partial charge in [-0.25, -0.2) is 9.98 Å². The number of hydrogen-bond donors (Lipinski definition) is 1. The Morgan fingerprint density at radius 3 is 2.57 bits per heavy atom. The van der Waals surface area contributed by atoms with Crippen LogP contribution in [0.15, 0.2) is 35.6 Å². The molecule has 7 nitrogen and oxygen atoms in total. The minimum atomic E-state index is -4.49. The Hall–Kier alpha value is -2.78. The molecule has 1 saturated heterocycles. The topological polar surface area (TPSA) is 61.6 Å². The minimum Gasteiger partial charge on any atom is -0.357 e. The van der Waals surface area contributed by atoms with Gasteiger partial charge in [-0.05, 0) is 19.1 Å². The average Bonchev–Trinajstić information content (AvgIpc) is 3.07. The summed E-state index contributed by atoms with van der Waals surface area (Å²) in [5.41, 5.74) is -0.813. The lowest BCUT2D eigenvalue weighted by molar-refractivity contribution is -0.142. The Labute approximate surface area is 161 Å². The van der Waals surface area contributed by atoms with E-state index in [1.807, 2.05) is 25.1 Å². The van der Waals surface area contributed by atoms with Crippen molar-refractivity contribution >= 4 is 11.8 Å². The number of aromatic nitrogens is 3. The predicted molar refractivity (Wildman–Crippen MR) is 101 cm³/mol. The van der Waals surface area contributed by atoms with Crippen LogP contribution in [0.25, 0.3) is 0 Å². The van der Waals surface area contributed by atoms with Crippen molar-refractivity contribution in [1.82, 2.24) is 25.0 Å². The molecule has 1 aliphatic rings. The first-order chi connectivity index (χ1) is 13.4. The monoisotopic (exact) mass is 395 g/mol. The van der Waals surface area contributed by atoms with Crippen molar-refractivity contribution in [3.63, 3.8) is 0 Å². The van der Waals surface area contributed by atoms with E-state index in [0.717, 1.165) is 18.9 Å². The van der Waals surface area contributed by atoms with Crippen molar-refractivity contribution in [2.75, 3.05) is 37.6 Å². The smallest absolute Gasteiger partial charge is 0.357 e. The second kappa shape index (κ2) is 8.49. The summed E-state index contributed by atoms with van der Waals surface area (Å²) in [6.07, 6.45) is -1.35. The van der Waals surface area contributed by atoms with E-state index in [2.05, 4.69) is 30.2 Å². The molecular formula is C18H24F3N7. The molecule has 2 aromatic heterocycles. The van der Waals surface area contributed by atoms with Crippen molar-refractivity contribution in [2.45, 2.75) is 19.6 Å². The second-order valence-electron chi connectivity index (χ2n) is 6.51. The van der Waals surface area contributed by atoms with Crippen LogP contribution in [0.1, 0.15) is 18.2 Å². The quantitative estimate of drug-likeness (QED) is 0.635. The van der Waals surface area contributed by atoms with Gasteiger partial charge in [-0.2, -0.15) is 18.3 Å². The summed E-state index contributed by atoms with van der Waals surface area (Å²) in [6, 6.07) is 5.80. The van der Waals surface area contributed by atoms with Gasteiger partial charge in [0.15, 0.2) is 11.7 Å². The minimum absolute atomic E-state index is 0.0672. The van der Waals surface area contributed by atoms with Crippen LogP contribution in [0, 0.1) is 0 Å². The number of nitrogens with one attached hydrogen (secondary N) is 1. The van der Waals surface area contributed by atoms with Crippen molar-refractivity contribution in [1.29, 1.82) is 0 Å². The molecule has 1 fully saturated rings. The number of rotatable bonds is 4. The third kappa shape index (κ3) is 4.73. The van der Waals surface area contributed by atoms with Crippen LogP contribution in [0.3, 0.4) is 0 Å². The van der Waals surface area contributed by atoms with Gasteiger partial charge in [-0.15, -0.1) is 0 Å².